The smallest absolute Gasteiger partial charge is 0.242 e. The van der Waals surface area contributed by atoms with Crippen molar-refractivity contribution in [3.63, 3.8) is 0 Å². The van der Waals surface area contributed by atoms with Crippen LogP contribution in [0.25, 0.3) is 0 Å². The van der Waals surface area contributed by atoms with Gasteiger partial charge in [-0.1, -0.05) is 111 Å². The van der Waals surface area contributed by atoms with E-state index in [1.807, 2.05) is 123 Å². The maximum atomic E-state index is 12.9. The van der Waals surface area contributed by atoms with Gasteiger partial charge in [0.2, 0.25) is 11.8 Å². The van der Waals surface area contributed by atoms with Gasteiger partial charge in [0.15, 0.2) is 0 Å². The Kier molecular flexibility index (Phi) is 11.1. The Morgan fingerprint density at radius 1 is 0.571 bits per heavy atom. The lowest BCUT2D eigenvalue weighted by Crippen LogP contribution is -2.26. The fourth-order valence-electron chi connectivity index (χ4n) is 6.20. The van der Waals surface area contributed by atoms with E-state index < -0.39 is 0 Å². The van der Waals surface area contributed by atoms with Gasteiger partial charge in [-0.25, -0.2) is 10.0 Å². The number of carbonyl (C=O) groups excluding carboxylic acids is 2. The van der Waals surface area contributed by atoms with E-state index in [2.05, 4.69) is 0 Å². The zero-order chi connectivity index (χ0) is 34.0. The third-order valence-corrected chi connectivity index (χ3v) is 8.68. The highest BCUT2D eigenvalue weighted by Crippen LogP contribution is 2.39. The molecule has 4 aromatic carbocycles. The topological polar surface area (TPSA) is 93.0 Å². The summed E-state index contributed by atoms with van der Waals surface area (Å²) < 4.78 is 18.3. The van der Waals surface area contributed by atoms with Gasteiger partial charge in [-0.15, -0.1) is 0 Å². The highest BCUT2D eigenvalue weighted by atomic mass is 16.5. The molecule has 2 heterocycles. The molecule has 0 aliphatic carbocycles. The molecule has 0 saturated heterocycles. The first-order valence-corrected chi connectivity index (χ1v) is 17.0. The lowest BCUT2D eigenvalue weighted by Gasteiger charge is -2.24. The molecule has 0 N–H and O–H groups in total. The zero-order valence-electron chi connectivity index (χ0n) is 28.0. The van der Waals surface area contributed by atoms with Crippen molar-refractivity contribution in [1.82, 2.24) is 10.0 Å². The Morgan fingerprint density at radius 2 is 0.959 bits per heavy atom. The molecule has 0 fully saturated rings. The summed E-state index contributed by atoms with van der Waals surface area (Å²) in [5.41, 5.74) is 5.62. The molecular formula is C40H42N4O5. The van der Waals surface area contributed by atoms with Crippen LogP contribution in [-0.4, -0.2) is 59.7 Å². The monoisotopic (exact) mass is 658 g/mol. The third kappa shape index (κ3) is 7.90. The molecule has 0 spiro atoms. The summed E-state index contributed by atoms with van der Waals surface area (Å²) in [4.78, 5) is 25.8. The van der Waals surface area contributed by atoms with Crippen LogP contribution in [0.1, 0.15) is 73.9 Å². The quantitative estimate of drug-likeness (QED) is 0.132. The Hall–Kier alpha value is -5.28. The molecule has 49 heavy (non-hydrogen) atoms. The van der Waals surface area contributed by atoms with E-state index in [1.165, 1.54) is 0 Å². The standard InChI is InChI=1S/C40H42N4O5/c1-3-39(45)43-35(27-33(41-43)29-15-7-5-8-16-29)31-19-11-13-21-37(31)48-25-23-47-24-26-49-38-22-14-12-20-32(38)36-28-34(30-17-9-6-10-18-30)42-44(36)40(46)4-2/h5-22,35-36H,3-4,23-28H2,1-2H3. The first-order chi connectivity index (χ1) is 24.1. The van der Waals surface area contributed by atoms with Crippen LogP contribution >= 0.6 is 0 Å². The molecule has 9 nitrogen and oxygen atoms in total. The van der Waals surface area contributed by atoms with Crippen LogP contribution in [0.15, 0.2) is 119 Å². The van der Waals surface area contributed by atoms with Crippen molar-refractivity contribution in [2.75, 3.05) is 26.4 Å². The van der Waals surface area contributed by atoms with Crippen molar-refractivity contribution < 1.29 is 23.8 Å². The summed E-state index contributed by atoms with van der Waals surface area (Å²) in [6, 6.07) is 35.1. The SMILES string of the molecule is CCC(=O)N1N=C(c2ccccc2)CC1c1ccccc1OCCOCCOc1ccccc1C1CC(c2ccccc2)=NN1C(=O)CC. The number of hydrogen-bond donors (Lipinski definition) is 0. The van der Waals surface area contributed by atoms with Crippen LogP contribution in [0, 0.1) is 0 Å². The Labute approximate surface area is 287 Å². The number of hydrogen-bond acceptors (Lipinski definition) is 7. The van der Waals surface area contributed by atoms with Crippen molar-refractivity contribution >= 4 is 23.2 Å². The molecule has 9 heteroatoms. The van der Waals surface area contributed by atoms with Crippen molar-refractivity contribution in [2.24, 2.45) is 10.2 Å². The van der Waals surface area contributed by atoms with E-state index in [9.17, 15) is 9.59 Å². The lowest BCUT2D eigenvalue weighted by molar-refractivity contribution is -0.133. The highest BCUT2D eigenvalue weighted by Gasteiger charge is 2.35. The van der Waals surface area contributed by atoms with Gasteiger partial charge in [0.25, 0.3) is 0 Å². The number of nitrogens with zero attached hydrogens (tertiary/aromatic N) is 4. The van der Waals surface area contributed by atoms with Crippen LogP contribution in [0.5, 0.6) is 11.5 Å². The summed E-state index contributed by atoms with van der Waals surface area (Å²) in [5, 5.41) is 12.7. The fourth-order valence-corrected chi connectivity index (χ4v) is 6.20. The normalized spacial score (nSPS) is 17.1. The maximum Gasteiger partial charge on any atom is 0.242 e. The molecule has 2 amide bonds. The van der Waals surface area contributed by atoms with Crippen LogP contribution in [0.4, 0.5) is 0 Å². The lowest BCUT2D eigenvalue weighted by atomic mass is 9.97. The number of hydrazone groups is 2. The van der Waals surface area contributed by atoms with Crippen LogP contribution < -0.4 is 9.47 Å². The fraction of sp³-hybridized carbons (Fsp3) is 0.300. The van der Waals surface area contributed by atoms with E-state index in [0.717, 1.165) is 33.7 Å². The summed E-state index contributed by atoms with van der Waals surface area (Å²) in [6.45, 7) is 5.11. The third-order valence-electron chi connectivity index (χ3n) is 8.68. The van der Waals surface area contributed by atoms with Gasteiger partial charge in [0.05, 0.1) is 36.7 Å². The van der Waals surface area contributed by atoms with Crippen molar-refractivity contribution in [3.05, 3.63) is 131 Å². The molecule has 2 unspecified atom stereocenters. The van der Waals surface area contributed by atoms with Gasteiger partial charge in [-0.2, -0.15) is 10.2 Å². The van der Waals surface area contributed by atoms with E-state index in [0.29, 0.717) is 63.6 Å². The van der Waals surface area contributed by atoms with Gasteiger partial charge in [0, 0.05) is 36.8 Å². The minimum absolute atomic E-state index is 0.0302. The van der Waals surface area contributed by atoms with Crippen LogP contribution in [0.3, 0.4) is 0 Å². The van der Waals surface area contributed by atoms with E-state index >= 15 is 0 Å². The first kappa shape index (κ1) is 33.6. The number of rotatable bonds is 14. The highest BCUT2D eigenvalue weighted by molar-refractivity contribution is 6.04. The van der Waals surface area contributed by atoms with Crippen molar-refractivity contribution in [3.8, 4) is 11.5 Å². The van der Waals surface area contributed by atoms with Gasteiger partial charge < -0.3 is 14.2 Å². The Morgan fingerprint density at radius 3 is 1.37 bits per heavy atom. The second kappa shape index (κ2) is 16.2. The van der Waals surface area contributed by atoms with E-state index in [1.54, 1.807) is 10.0 Å². The second-order valence-electron chi connectivity index (χ2n) is 11.8. The number of carbonyl (C=O) groups is 2. The molecule has 0 saturated carbocycles. The second-order valence-corrected chi connectivity index (χ2v) is 11.8. The first-order valence-electron chi connectivity index (χ1n) is 17.0. The van der Waals surface area contributed by atoms with Gasteiger partial charge >= 0.3 is 0 Å². The molecule has 2 aliphatic rings. The number of amides is 2. The summed E-state index contributed by atoms with van der Waals surface area (Å²) in [5.74, 6) is 1.36. The number of ether oxygens (including phenoxy) is 3. The minimum atomic E-state index is -0.245. The largest absolute Gasteiger partial charge is 0.491 e. The molecule has 0 aromatic heterocycles. The predicted molar refractivity (Wildman–Crippen MR) is 190 cm³/mol. The molecule has 0 bridgehead atoms. The predicted octanol–water partition coefficient (Wildman–Crippen LogP) is 7.34. The molecule has 6 rings (SSSR count). The number of benzene rings is 4. The minimum Gasteiger partial charge on any atom is -0.491 e. The molecule has 2 atom stereocenters. The Balaban J connectivity index is 1.02. The van der Waals surface area contributed by atoms with Crippen molar-refractivity contribution in [1.29, 1.82) is 0 Å². The molecule has 2 aliphatic heterocycles. The van der Waals surface area contributed by atoms with Crippen LogP contribution in [-0.2, 0) is 14.3 Å². The zero-order valence-corrected chi connectivity index (χ0v) is 28.0. The summed E-state index contributed by atoms with van der Waals surface area (Å²) in [7, 11) is 0. The van der Waals surface area contributed by atoms with Gasteiger partial charge in [0.1, 0.15) is 24.7 Å². The van der Waals surface area contributed by atoms with Gasteiger partial charge in [-0.05, 0) is 23.3 Å². The van der Waals surface area contributed by atoms with Gasteiger partial charge in [-0.3, -0.25) is 9.59 Å². The number of para-hydroxylation sites is 2. The Bertz CT molecular complexity index is 1660. The molecule has 252 valence electrons. The summed E-state index contributed by atoms with van der Waals surface area (Å²) >= 11 is 0. The van der Waals surface area contributed by atoms with Crippen molar-refractivity contribution in [2.45, 2.75) is 51.6 Å². The van der Waals surface area contributed by atoms with E-state index in [4.69, 9.17) is 24.4 Å². The average molecular weight is 659 g/mol. The molecule has 0 radical (unpaired) electrons. The summed E-state index contributed by atoms with van der Waals surface area (Å²) in [6.07, 6.45) is 1.94. The van der Waals surface area contributed by atoms with Crippen LogP contribution in [0.2, 0.25) is 0 Å². The molecule has 4 aromatic rings. The average Bonchev–Trinajstić information content (AvgIpc) is 3.81. The molecular weight excluding hydrogens is 616 g/mol. The maximum absolute atomic E-state index is 12.9. The van der Waals surface area contributed by atoms with E-state index in [-0.39, 0.29) is 23.9 Å².